The third-order valence-electron chi connectivity index (χ3n) is 4.86. The molecule has 2 aromatic heterocycles. The molecule has 2 aromatic rings. The number of rotatable bonds is 4. The second-order valence-corrected chi connectivity index (χ2v) is 7.06. The first-order chi connectivity index (χ1) is 12.8. The fourth-order valence-electron chi connectivity index (χ4n) is 3.16. The van der Waals surface area contributed by atoms with Crippen molar-refractivity contribution in [3.63, 3.8) is 0 Å². The molecule has 0 atom stereocenters. The number of pyridine rings is 1. The monoisotopic (exact) mass is 378 g/mol. The first-order valence-electron chi connectivity index (χ1n) is 8.72. The molecule has 0 N–H and O–H groups in total. The summed E-state index contributed by atoms with van der Waals surface area (Å²) in [6.45, 7) is 1.29. The molecule has 1 aliphatic carbocycles. The number of carbonyl (C=O) groups is 1. The standard InChI is InChI=1S/C18H17F3N4O2/c19-18(20,21)15-5-3-13(7-22-15)17(27)24-8-11(9-24)10-25-16(26)6-4-14(23-25)12-1-2-12/h3-7,11-12H,1-2,8-10H2. The molecule has 1 saturated heterocycles. The molecular weight excluding hydrogens is 361 g/mol. The van der Waals surface area contributed by atoms with Gasteiger partial charge in [-0.05, 0) is 31.0 Å². The first-order valence-corrected chi connectivity index (χ1v) is 8.72. The number of aromatic nitrogens is 3. The highest BCUT2D eigenvalue weighted by Gasteiger charge is 2.35. The highest BCUT2D eigenvalue weighted by molar-refractivity contribution is 5.94. The number of hydrogen-bond donors (Lipinski definition) is 0. The fourth-order valence-corrected chi connectivity index (χ4v) is 3.16. The zero-order valence-electron chi connectivity index (χ0n) is 14.3. The molecule has 1 aliphatic heterocycles. The normalized spacial score (nSPS) is 17.7. The van der Waals surface area contributed by atoms with E-state index in [0.29, 0.717) is 25.6 Å². The highest BCUT2D eigenvalue weighted by Crippen LogP contribution is 2.38. The molecular formula is C18H17F3N4O2. The number of halogens is 3. The maximum atomic E-state index is 12.5. The lowest BCUT2D eigenvalue weighted by molar-refractivity contribution is -0.141. The maximum absolute atomic E-state index is 12.5. The quantitative estimate of drug-likeness (QED) is 0.819. The Kier molecular flexibility index (Phi) is 4.24. The van der Waals surface area contributed by atoms with Crippen LogP contribution in [0.2, 0.25) is 0 Å². The Morgan fingerprint density at radius 3 is 2.48 bits per heavy atom. The van der Waals surface area contributed by atoms with Gasteiger partial charge >= 0.3 is 6.18 Å². The van der Waals surface area contributed by atoms with Gasteiger partial charge in [-0.2, -0.15) is 18.3 Å². The van der Waals surface area contributed by atoms with Crippen molar-refractivity contribution in [1.29, 1.82) is 0 Å². The predicted octanol–water partition coefficient (Wildman–Crippen LogP) is 2.31. The van der Waals surface area contributed by atoms with E-state index in [1.807, 2.05) is 0 Å². The molecule has 9 heteroatoms. The first kappa shape index (κ1) is 17.7. The average Bonchev–Trinajstić information content (AvgIpc) is 3.43. The van der Waals surface area contributed by atoms with E-state index >= 15 is 0 Å². The van der Waals surface area contributed by atoms with E-state index in [2.05, 4.69) is 10.1 Å². The van der Waals surface area contributed by atoms with Crippen molar-refractivity contribution in [2.75, 3.05) is 13.1 Å². The van der Waals surface area contributed by atoms with E-state index in [1.165, 1.54) is 15.6 Å². The second kappa shape index (κ2) is 6.47. The van der Waals surface area contributed by atoms with Crippen LogP contribution < -0.4 is 5.56 Å². The highest BCUT2D eigenvalue weighted by atomic mass is 19.4. The lowest BCUT2D eigenvalue weighted by Gasteiger charge is -2.39. The van der Waals surface area contributed by atoms with Gasteiger partial charge in [-0.25, -0.2) is 4.68 Å². The number of nitrogens with zero attached hydrogens (tertiary/aromatic N) is 4. The number of hydrogen-bond acceptors (Lipinski definition) is 4. The predicted molar refractivity (Wildman–Crippen MR) is 89.1 cm³/mol. The molecule has 0 aromatic carbocycles. The van der Waals surface area contributed by atoms with Crippen LogP contribution in [0.1, 0.15) is 40.5 Å². The van der Waals surface area contributed by atoms with Crippen molar-refractivity contribution >= 4 is 5.91 Å². The number of alkyl halides is 3. The number of carbonyl (C=O) groups excluding carboxylic acids is 1. The Morgan fingerprint density at radius 2 is 1.89 bits per heavy atom. The van der Waals surface area contributed by atoms with E-state index < -0.39 is 11.9 Å². The van der Waals surface area contributed by atoms with Crippen LogP contribution in [0.15, 0.2) is 35.3 Å². The molecule has 27 heavy (non-hydrogen) atoms. The minimum Gasteiger partial charge on any atom is -0.338 e. The van der Waals surface area contributed by atoms with Crippen molar-refractivity contribution in [3.05, 3.63) is 57.8 Å². The van der Waals surface area contributed by atoms with Crippen molar-refractivity contribution in [1.82, 2.24) is 19.7 Å². The van der Waals surface area contributed by atoms with Gasteiger partial charge in [0.05, 0.1) is 17.8 Å². The van der Waals surface area contributed by atoms with Crippen LogP contribution in [0.25, 0.3) is 0 Å². The molecule has 4 rings (SSSR count). The summed E-state index contributed by atoms with van der Waals surface area (Å²) in [5.74, 6) is 0.180. The SMILES string of the molecule is O=C(c1ccc(C(F)(F)F)nc1)N1CC(Cn2nc(C3CC3)ccc2=O)C1. The molecule has 2 fully saturated rings. The fraction of sp³-hybridized carbons (Fsp3) is 0.444. The molecule has 3 heterocycles. The maximum Gasteiger partial charge on any atom is 0.433 e. The molecule has 0 unspecified atom stereocenters. The van der Waals surface area contributed by atoms with Crippen LogP contribution in [-0.4, -0.2) is 38.7 Å². The zero-order chi connectivity index (χ0) is 19.2. The Hall–Kier alpha value is -2.71. The molecule has 6 nitrogen and oxygen atoms in total. The van der Waals surface area contributed by atoms with Gasteiger partial charge in [0.15, 0.2) is 0 Å². The third kappa shape index (κ3) is 3.72. The van der Waals surface area contributed by atoms with E-state index in [0.717, 1.165) is 36.9 Å². The summed E-state index contributed by atoms with van der Waals surface area (Å²) in [4.78, 5) is 29.1. The van der Waals surface area contributed by atoms with Gasteiger partial charge in [0.1, 0.15) is 5.69 Å². The van der Waals surface area contributed by atoms with E-state index in [4.69, 9.17) is 0 Å². The summed E-state index contributed by atoms with van der Waals surface area (Å²) in [5.41, 5.74) is -0.150. The minimum absolute atomic E-state index is 0.0935. The van der Waals surface area contributed by atoms with Crippen LogP contribution in [0.5, 0.6) is 0 Å². The summed E-state index contributed by atoms with van der Waals surface area (Å²) in [6, 6.07) is 5.23. The van der Waals surface area contributed by atoms with Crippen LogP contribution in [-0.2, 0) is 12.7 Å². The molecule has 1 saturated carbocycles. The van der Waals surface area contributed by atoms with Gasteiger partial charge in [0, 0.05) is 37.2 Å². The molecule has 0 bridgehead atoms. The minimum atomic E-state index is -4.53. The Bertz CT molecular complexity index is 913. The summed E-state index contributed by atoms with van der Waals surface area (Å²) >= 11 is 0. The van der Waals surface area contributed by atoms with Gasteiger partial charge in [0.25, 0.3) is 11.5 Å². The van der Waals surface area contributed by atoms with E-state index in [-0.39, 0.29) is 22.9 Å². The zero-order valence-corrected chi connectivity index (χ0v) is 14.3. The Labute approximate surface area is 152 Å². The van der Waals surface area contributed by atoms with Crippen LogP contribution in [0.4, 0.5) is 13.2 Å². The van der Waals surface area contributed by atoms with Gasteiger partial charge in [-0.3, -0.25) is 14.6 Å². The lowest BCUT2D eigenvalue weighted by atomic mass is 9.99. The van der Waals surface area contributed by atoms with Crippen LogP contribution >= 0.6 is 0 Å². The topological polar surface area (TPSA) is 68.1 Å². The summed E-state index contributed by atoms with van der Waals surface area (Å²) in [6.07, 6.45) is -1.39. The van der Waals surface area contributed by atoms with E-state index in [1.54, 1.807) is 6.07 Å². The Balaban J connectivity index is 1.36. The van der Waals surface area contributed by atoms with Crippen molar-refractivity contribution in [2.45, 2.75) is 31.5 Å². The summed E-state index contributed by atoms with van der Waals surface area (Å²) in [5, 5.41) is 4.40. The number of amides is 1. The van der Waals surface area contributed by atoms with Gasteiger partial charge in [-0.15, -0.1) is 0 Å². The smallest absolute Gasteiger partial charge is 0.338 e. The number of likely N-dealkylation sites (tertiary alicyclic amines) is 1. The second-order valence-electron chi connectivity index (χ2n) is 7.06. The van der Waals surface area contributed by atoms with Crippen molar-refractivity contribution in [2.24, 2.45) is 5.92 Å². The van der Waals surface area contributed by atoms with Gasteiger partial charge < -0.3 is 4.90 Å². The third-order valence-corrected chi connectivity index (χ3v) is 4.86. The molecule has 1 amide bonds. The molecule has 0 spiro atoms. The van der Waals surface area contributed by atoms with Crippen molar-refractivity contribution < 1.29 is 18.0 Å². The molecule has 2 aliphatic rings. The van der Waals surface area contributed by atoms with Crippen LogP contribution in [0, 0.1) is 5.92 Å². The molecule has 142 valence electrons. The summed E-state index contributed by atoms with van der Waals surface area (Å²) in [7, 11) is 0. The van der Waals surface area contributed by atoms with Gasteiger partial charge in [0.2, 0.25) is 0 Å². The largest absolute Gasteiger partial charge is 0.433 e. The summed E-state index contributed by atoms with van der Waals surface area (Å²) < 4.78 is 39.1. The van der Waals surface area contributed by atoms with Gasteiger partial charge in [-0.1, -0.05) is 0 Å². The van der Waals surface area contributed by atoms with E-state index in [9.17, 15) is 22.8 Å². The van der Waals surface area contributed by atoms with Crippen molar-refractivity contribution in [3.8, 4) is 0 Å². The average molecular weight is 378 g/mol. The lowest BCUT2D eigenvalue weighted by Crippen LogP contribution is -2.52. The van der Waals surface area contributed by atoms with Crippen LogP contribution in [0.3, 0.4) is 0 Å². The Morgan fingerprint density at radius 1 is 1.15 bits per heavy atom. The molecule has 0 radical (unpaired) electrons.